The van der Waals surface area contributed by atoms with Crippen molar-refractivity contribution >= 4 is 8.22 Å². The highest BCUT2D eigenvalue weighted by Crippen LogP contribution is 2.59. The van der Waals surface area contributed by atoms with Gasteiger partial charge in [0, 0.05) is 5.66 Å². The van der Waals surface area contributed by atoms with Gasteiger partial charge in [0.25, 0.3) is 0 Å². The van der Waals surface area contributed by atoms with Crippen LogP contribution >= 0.6 is 8.22 Å². The lowest BCUT2D eigenvalue weighted by Gasteiger charge is -2.44. The molecule has 1 heterocycles. The number of hydroxylamine groups is 2. The summed E-state index contributed by atoms with van der Waals surface area (Å²) in [6, 6.07) is 0. The average molecular weight is 216 g/mol. The highest BCUT2D eigenvalue weighted by Gasteiger charge is 2.43. The molecule has 1 saturated carbocycles. The Balaban J connectivity index is 2.06. The van der Waals surface area contributed by atoms with Gasteiger partial charge in [-0.3, -0.25) is 0 Å². The monoisotopic (exact) mass is 216 g/mol. The molecule has 0 aromatic rings. The molecule has 0 amide bonds. The Labute approximate surface area is 88.1 Å². The van der Waals surface area contributed by atoms with Crippen LogP contribution in [0.25, 0.3) is 0 Å². The third-order valence-electron chi connectivity index (χ3n) is 3.52. The lowest BCUT2D eigenvalue weighted by molar-refractivity contribution is -0.723. The minimum absolute atomic E-state index is 0.0382. The number of nitrogens with zero attached hydrogens (tertiary/aromatic N) is 2. The van der Waals surface area contributed by atoms with Crippen LogP contribution in [0.5, 0.6) is 0 Å². The third-order valence-corrected chi connectivity index (χ3v) is 6.66. The fourth-order valence-corrected chi connectivity index (χ4v) is 6.10. The highest BCUT2D eigenvalue weighted by molar-refractivity contribution is 7.50. The van der Waals surface area contributed by atoms with E-state index in [2.05, 4.69) is 11.7 Å². The molecule has 0 aromatic carbocycles. The number of hydrogen-bond acceptors (Lipinski definition) is 2. The quantitative estimate of drug-likeness (QED) is 0.497. The van der Waals surface area contributed by atoms with E-state index in [1.165, 1.54) is 32.1 Å². The summed E-state index contributed by atoms with van der Waals surface area (Å²) in [4.78, 5) is 0. The molecule has 0 bridgehead atoms. The van der Waals surface area contributed by atoms with E-state index < -0.39 is 8.22 Å². The Kier molecular flexibility index (Phi) is 3.13. The van der Waals surface area contributed by atoms with Crippen LogP contribution in [0.2, 0.25) is 0 Å². The number of likely N-dealkylation sites (N-methyl/N-ethyl adjacent to an activating group) is 2. The smallest absolute Gasteiger partial charge is 0.187 e. The lowest BCUT2D eigenvalue weighted by atomic mass is 10.0. The molecule has 1 aliphatic carbocycles. The summed E-state index contributed by atoms with van der Waals surface area (Å²) in [6.45, 7) is 1.81. The molecule has 1 saturated heterocycles. The number of quaternary nitrogens is 1. The van der Waals surface area contributed by atoms with Gasteiger partial charge in [-0.05, 0) is 19.9 Å². The summed E-state index contributed by atoms with van der Waals surface area (Å²) in [6.07, 6.45) is 6.67. The minimum atomic E-state index is -0.452. The van der Waals surface area contributed by atoms with Crippen molar-refractivity contribution in [3.63, 3.8) is 0 Å². The predicted molar refractivity (Wildman–Crippen MR) is 60.8 cm³/mol. The van der Waals surface area contributed by atoms with Gasteiger partial charge in [0.1, 0.15) is 0 Å². The van der Waals surface area contributed by atoms with Gasteiger partial charge in [-0.2, -0.15) is 0 Å². The molecule has 0 radical (unpaired) electrons. The summed E-state index contributed by atoms with van der Waals surface area (Å²) in [5.74, 6) is 0. The van der Waals surface area contributed by atoms with Crippen LogP contribution in [-0.4, -0.2) is 41.9 Å². The molecule has 0 aromatic heterocycles. The zero-order valence-electron chi connectivity index (χ0n) is 9.28. The van der Waals surface area contributed by atoms with E-state index in [-0.39, 0.29) is 4.42 Å². The van der Waals surface area contributed by atoms with E-state index >= 15 is 0 Å². The van der Waals surface area contributed by atoms with E-state index in [1.807, 2.05) is 7.05 Å². The van der Waals surface area contributed by atoms with Gasteiger partial charge < -0.3 is 9.62 Å². The summed E-state index contributed by atoms with van der Waals surface area (Å²) in [5.41, 5.74) is 0.716. The van der Waals surface area contributed by atoms with Crippen LogP contribution in [0.4, 0.5) is 0 Å². The van der Waals surface area contributed by atoms with Crippen molar-refractivity contribution in [3.05, 3.63) is 5.21 Å². The Morgan fingerprint density at radius 2 is 1.93 bits per heavy atom. The summed E-state index contributed by atoms with van der Waals surface area (Å²) < 4.78 is 2.38. The van der Waals surface area contributed by atoms with Crippen molar-refractivity contribution in [3.8, 4) is 0 Å². The standard InChI is InChI=1S/C10H21N2OP/c1-11-8-9-12(2,13)14(11)10-6-4-3-5-7-10/h10H,3-9H2,1-2H3. The van der Waals surface area contributed by atoms with Crippen molar-refractivity contribution in [1.29, 1.82) is 0 Å². The molecule has 4 heteroatoms. The first-order valence-corrected chi connectivity index (χ1v) is 7.00. The normalized spacial score (nSPS) is 41.8. The fraction of sp³-hybridized carbons (Fsp3) is 1.00. The average Bonchev–Trinajstić information content (AvgIpc) is 2.42. The van der Waals surface area contributed by atoms with Gasteiger partial charge in [0.05, 0.1) is 20.1 Å². The van der Waals surface area contributed by atoms with Crippen LogP contribution < -0.4 is 0 Å². The van der Waals surface area contributed by atoms with Gasteiger partial charge in [-0.1, -0.05) is 19.3 Å². The second-order valence-electron chi connectivity index (χ2n) is 4.77. The molecule has 2 rings (SSSR count). The topological polar surface area (TPSA) is 26.3 Å². The minimum Gasteiger partial charge on any atom is -0.631 e. The SMILES string of the molecule is CN1CC[N+](C)([O-])P1C1CCCCC1. The van der Waals surface area contributed by atoms with Crippen molar-refractivity contribution in [1.82, 2.24) is 4.67 Å². The molecule has 2 atom stereocenters. The third kappa shape index (κ3) is 1.96. The largest absolute Gasteiger partial charge is 0.631 e. The van der Waals surface area contributed by atoms with Crippen LogP contribution in [0.15, 0.2) is 0 Å². The maximum absolute atomic E-state index is 12.3. The van der Waals surface area contributed by atoms with Gasteiger partial charge in [-0.15, -0.1) is 0 Å². The van der Waals surface area contributed by atoms with Gasteiger partial charge >= 0.3 is 0 Å². The lowest BCUT2D eigenvalue weighted by Crippen LogP contribution is -2.33. The molecule has 3 nitrogen and oxygen atoms in total. The first kappa shape index (κ1) is 10.8. The Bertz CT molecular complexity index is 204. The first-order valence-electron chi connectivity index (χ1n) is 5.68. The molecule has 0 spiro atoms. The maximum Gasteiger partial charge on any atom is 0.187 e. The van der Waals surface area contributed by atoms with Gasteiger partial charge in [-0.25, -0.2) is 4.67 Å². The molecular formula is C10H21N2OP. The number of rotatable bonds is 1. The van der Waals surface area contributed by atoms with Crippen molar-refractivity contribution in [2.75, 3.05) is 27.2 Å². The molecule has 2 aliphatic rings. The summed E-state index contributed by atoms with van der Waals surface area (Å²) in [7, 11) is 3.57. The second kappa shape index (κ2) is 4.05. The molecule has 0 N–H and O–H groups in total. The van der Waals surface area contributed by atoms with Crippen molar-refractivity contribution in [2.45, 2.75) is 37.8 Å². The van der Waals surface area contributed by atoms with E-state index in [4.69, 9.17) is 0 Å². The van der Waals surface area contributed by atoms with Crippen LogP contribution in [0.3, 0.4) is 0 Å². The first-order chi connectivity index (χ1) is 6.61. The van der Waals surface area contributed by atoms with Crippen molar-refractivity contribution in [2.24, 2.45) is 0 Å². The van der Waals surface area contributed by atoms with E-state index in [0.29, 0.717) is 5.66 Å². The molecule has 14 heavy (non-hydrogen) atoms. The molecule has 1 aliphatic heterocycles. The maximum atomic E-state index is 12.3. The molecule has 82 valence electrons. The molecular weight excluding hydrogens is 195 g/mol. The summed E-state index contributed by atoms with van der Waals surface area (Å²) in [5, 5.41) is 12.3. The fourth-order valence-electron chi connectivity index (χ4n) is 2.79. The zero-order chi connectivity index (χ0) is 10.2. The Morgan fingerprint density at radius 1 is 1.29 bits per heavy atom. The van der Waals surface area contributed by atoms with Crippen LogP contribution in [0, 0.1) is 5.21 Å². The van der Waals surface area contributed by atoms with E-state index in [9.17, 15) is 5.21 Å². The zero-order valence-corrected chi connectivity index (χ0v) is 10.2. The van der Waals surface area contributed by atoms with Gasteiger partial charge in [0.15, 0.2) is 8.22 Å². The Morgan fingerprint density at radius 3 is 2.43 bits per heavy atom. The van der Waals surface area contributed by atoms with E-state index in [1.54, 1.807) is 0 Å². The summed E-state index contributed by atoms with van der Waals surface area (Å²) >= 11 is 0. The van der Waals surface area contributed by atoms with Gasteiger partial charge in [0.2, 0.25) is 0 Å². The number of hydrogen-bond donors (Lipinski definition) is 0. The van der Waals surface area contributed by atoms with Crippen LogP contribution in [-0.2, 0) is 0 Å². The van der Waals surface area contributed by atoms with Crippen LogP contribution in [0.1, 0.15) is 32.1 Å². The molecule has 2 fully saturated rings. The van der Waals surface area contributed by atoms with E-state index in [0.717, 1.165) is 13.1 Å². The van der Waals surface area contributed by atoms with Crippen molar-refractivity contribution < 1.29 is 4.42 Å². The second-order valence-corrected chi connectivity index (χ2v) is 7.67. The molecule has 2 unspecified atom stereocenters. The Hall–Kier alpha value is 0.310. The highest BCUT2D eigenvalue weighted by atomic mass is 31.1. The predicted octanol–water partition coefficient (Wildman–Crippen LogP) is 2.52.